The van der Waals surface area contributed by atoms with Crippen molar-refractivity contribution in [3.63, 3.8) is 0 Å². The van der Waals surface area contributed by atoms with Crippen LogP contribution in [0.2, 0.25) is 0 Å². The van der Waals surface area contributed by atoms with Gasteiger partial charge in [0, 0.05) is 17.3 Å². The van der Waals surface area contributed by atoms with E-state index in [-0.39, 0.29) is 0 Å². The first-order chi connectivity index (χ1) is 7.29. The fourth-order valence-electron chi connectivity index (χ4n) is 1.56. The largest absolute Gasteiger partial charge is 0.309 e. The van der Waals surface area contributed by atoms with E-state index in [9.17, 15) is 0 Å². The van der Waals surface area contributed by atoms with Crippen molar-refractivity contribution < 1.29 is 0 Å². The van der Waals surface area contributed by atoms with Gasteiger partial charge in [0.15, 0.2) is 0 Å². The molecule has 0 amide bonds. The third kappa shape index (κ3) is 3.65. The predicted octanol–water partition coefficient (Wildman–Crippen LogP) is 2.91. The maximum Gasteiger partial charge on any atom is 0.0798 e. The van der Waals surface area contributed by atoms with Crippen LogP contribution in [0.25, 0.3) is 0 Å². The summed E-state index contributed by atoms with van der Waals surface area (Å²) in [5.74, 6) is 6.05. The highest BCUT2D eigenvalue weighted by Crippen LogP contribution is 2.25. The summed E-state index contributed by atoms with van der Waals surface area (Å²) < 4.78 is 0. The molecule has 15 heavy (non-hydrogen) atoms. The van der Waals surface area contributed by atoms with Gasteiger partial charge < -0.3 is 5.32 Å². The minimum absolute atomic E-state index is 0.420. The van der Waals surface area contributed by atoms with Crippen LogP contribution >= 0.6 is 11.3 Å². The fraction of sp³-hybridized carbons (Fsp3) is 0.583. The molecule has 0 radical (unpaired) electrons. The Morgan fingerprint density at radius 3 is 2.93 bits per heavy atom. The minimum Gasteiger partial charge on any atom is -0.309 e. The summed E-state index contributed by atoms with van der Waals surface area (Å²) >= 11 is 1.73. The van der Waals surface area contributed by atoms with Crippen LogP contribution in [-0.2, 0) is 0 Å². The van der Waals surface area contributed by atoms with E-state index in [1.54, 1.807) is 11.3 Å². The Morgan fingerprint density at radius 1 is 1.60 bits per heavy atom. The van der Waals surface area contributed by atoms with Crippen molar-refractivity contribution in [2.45, 2.75) is 39.7 Å². The van der Waals surface area contributed by atoms with Gasteiger partial charge in [-0.3, -0.25) is 0 Å². The van der Waals surface area contributed by atoms with E-state index in [4.69, 9.17) is 0 Å². The van der Waals surface area contributed by atoms with Crippen molar-refractivity contribution in [3.8, 4) is 11.8 Å². The smallest absolute Gasteiger partial charge is 0.0798 e. The van der Waals surface area contributed by atoms with Crippen LogP contribution in [-0.4, -0.2) is 11.5 Å². The highest BCUT2D eigenvalue weighted by molar-refractivity contribution is 7.09. The van der Waals surface area contributed by atoms with Crippen LogP contribution in [0.3, 0.4) is 0 Å². The van der Waals surface area contributed by atoms with Crippen molar-refractivity contribution in [2.24, 2.45) is 0 Å². The molecule has 1 N–H and O–H groups in total. The molecule has 0 fully saturated rings. The lowest BCUT2D eigenvalue weighted by molar-refractivity contribution is 0.527. The van der Waals surface area contributed by atoms with E-state index in [2.05, 4.69) is 36.0 Å². The van der Waals surface area contributed by atoms with Crippen molar-refractivity contribution in [1.29, 1.82) is 0 Å². The van der Waals surface area contributed by atoms with Crippen LogP contribution in [0, 0.1) is 18.8 Å². The van der Waals surface area contributed by atoms with Crippen LogP contribution < -0.4 is 5.32 Å². The maximum atomic E-state index is 4.29. The maximum absolute atomic E-state index is 4.29. The molecule has 0 aliphatic carbocycles. The molecule has 1 atom stereocenters. The summed E-state index contributed by atoms with van der Waals surface area (Å²) in [7, 11) is 0. The quantitative estimate of drug-likeness (QED) is 0.775. The van der Waals surface area contributed by atoms with E-state index < -0.39 is 0 Å². The van der Waals surface area contributed by atoms with Gasteiger partial charge in [-0.05, 0) is 26.8 Å². The lowest BCUT2D eigenvalue weighted by Gasteiger charge is -2.15. The van der Waals surface area contributed by atoms with Gasteiger partial charge in [-0.25, -0.2) is 4.98 Å². The number of aryl methyl sites for hydroxylation is 1. The molecule has 0 saturated carbocycles. The first-order valence-corrected chi connectivity index (χ1v) is 6.20. The van der Waals surface area contributed by atoms with E-state index in [0.29, 0.717) is 6.04 Å². The average molecular weight is 222 g/mol. The summed E-state index contributed by atoms with van der Waals surface area (Å²) in [5.41, 5.74) is 3.07. The number of nitrogens with zero attached hydrogens (tertiary/aromatic N) is 1. The first kappa shape index (κ1) is 12.2. The van der Waals surface area contributed by atoms with Crippen molar-refractivity contribution in [2.75, 3.05) is 6.54 Å². The van der Waals surface area contributed by atoms with Gasteiger partial charge in [0.05, 0.1) is 11.2 Å². The van der Waals surface area contributed by atoms with Gasteiger partial charge in [-0.15, -0.1) is 23.2 Å². The third-order valence-electron chi connectivity index (χ3n) is 2.28. The number of hydrogen-bond donors (Lipinski definition) is 1. The Balaban J connectivity index is 2.64. The predicted molar refractivity (Wildman–Crippen MR) is 66.0 cm³/mol. The number of hydrogen-bond acceptors (Lipinski definition) is 3. The van der Waals surface area contributed by atoms with Gasteiger partial charge in [0.2, 0.25) is 0 Å². The van der Waals surface area contributed by atoms with Crippen LogP contribution in [0.1, 0.15) is 43.3 Å². The molecule has 1 rings (SSSR count). The second-order valence-electron chi connectivity index (χ2n) is 3.38. The van der Waals surface area contributed by atoms with Gasteiger partial charge in [-0.2, -0.15) is 0 Å². The Morgan fingerprint density at radius 2 is 2.40 bits per heavy atom. The standard InChI is InChI=1S/C12H18N2S/c1-4-6-7-8-11(13-5-2)12-10(3)14-9-15-12/h9,11,13H,5,7-8H2,1-3H3. The van der Waals surface area contributed by atoms with E-state index in [1.807, 2.05) is 12.4 Å². The van der Waals surface area contributed by atoms with Gasteiger partial charge in [-0.1, -0.05) is 6.92 Å². The third-order valence-corrected chi connectivity index (χ3v) is 3.33. The van der Waals surface area contributed by atoms with E-state index in [1.165, 1.54) is 4.88 Å². The Kier molecular flexibility index (Phi) is 5.38. The second kappa shape index (κ2) is 6.60. The average Bonchev–Trinajstić information content (AvgIpc) is 2.64. The molecule has 3 heteroatoms. The molecule has 0 aromatic carbocycles. The van der Waals surface area contributed by atoms with Crippen LogP contribution in [0.15, 0.2) is 5.51 Å². The molecular weight excluding hydrogens is 204 g/mol. The second-order valence-corrected chi connectivity index (χ2v) is 4.26. The molecule has 1 heterocycles. The topological polar surface area (TPSA) is 24.9 Å². The SMILES string of the molecule is CC#CCCC(NCC)c1scnc1C. The van der Waals surface area contributed by atoms with Gasteiger partial charge >= 0.3 is 0 Å². The zero-order valence-corrected chi connectivity index (χ0v) is 10.4. The summed E-state index contributed by atoms with van der Waals surface area (Å²) in [6.07, 6.45) is 2.02. The van der Waals surface area contributed by atoms with Crippen molar-refractivity contribution in [1.82, 2.24) is 10.3 Å². The molecule has 82 valence electrons. The highest BCUT2D eigenvalue weighted by atomic mass is 32.1. The van der Waals surface area contributed by atoms with Crippen molar-refractivity contribution in [3.05, 3.63) is 16.1 Å². The zero-order chi connectivity index (χ0) is 11.1. The molecule has 2 nitrogen and oxygen atoms in total. The molecular formula is C12H18N2S. The number of aromatic nitrogens is 1. The molecule has 1 unspecified atom stereocenters. The highest BCUT2D eigenvalue weighted by Gasteiger charge is 2.13. The zero-order valence-electron chi connectivity index (χ0n) is 9.63. The Bertz CT molecular complexity index is 346. The lowest BCUT2D eigenvalue weighted by Crippen LogP contribution is -2.20. The molecule has 1 aromatic rings. The Labute approximate surface area is 96.1 Å². The van der Waals surface area contributed by atoms with Gasteiger partial charge in [0.25, 0.3) is 0 Å². The Hall–Kier alpha value is -0.850. The summed E-state index contributed by atoms with van der Waals surface area (Å²) in [6, 6.07) is 0.420. The van der Waals surface area contributed by atoms with Crippen molar-refractivity contribution >= 4 is 11.3 Å². The molecule has 0 bridgehead atoms. The summed E-state index contributed by atoms with van der Waals surface area (Å²) in [4.78, 5) is 5.65. The fourth-order valence-corrected chi connectivity index (χ4v) is 2.47. The lowest BCUT2D eigenvalue weighted by atomic mass is 10.1. The first-order valence-electron chi connectivity index (χ1n) is 5.32. The normalized spacial score (nSPS) is 11.9. The minimum atomic E-state index is 0.420. The number of thiazole rings is 1. The molecule has 0 aliphatic rings. The monoisotopic (exact) mass is 222 g/mol. The van der Waals surface area contributed by atoms with E-state index >= 15 is 0 Å². The summed E-state index contributed by atoms with van der Waals surface area (Å²) in [5, 5.41) is 3.49. The molecule has 0 aliphatic heterocycles. The van der Waals surface area contributed by atoms with E-state index in [0.717, 1.165) is 25.1 Å². The van der Waals surface area contributed by atoms with Gasteiger partial charge in [0.1, 0.15) is 0 Å². The molecule has 1 aromatic heterocycles. The number of rotatable bonds is 5. The number of nitrogens with one attached hydrogen (secondary N) is 1. The summed E-state index contributed by atoms with van der Waals surface area (Å²) in [6.45, 7) is 7.08. The van der Waals surface area contributed by atoms with Crippen LogP contribution in [0.4, 0.5) is 0 Å². The van der Waals surface area contributed by atoms with Crippen LogP contribution in [0.5, 0.6) is 0 Å². The molecule has 0 spiro atoms. The molecule has 0 saturated heterocycles.